The molecule has 1 heterocycles. The first kappa shape index (κ1) is 6.07. The summed E-state index contributed by atoms with van der Waals surface area (Å²) in [7, 11) is 1.54. The monoisotopic (exact) mass is 129 g/mol. The summed E-state index contributed by atoms with van der Waals surface area (Å²) in [6.45, 7) is 0.193. The zero-order valence-electron chi connectivity index (χ0n) is 5.03. The largest absolute Gasteiger partial charge is 0.447 e. The van der Waals surface area contributed by atoms with E-state index < -0.39 is 6.09 Å². The molecule has 0 unspecified atom stereocenters. The van der Waals surface area contributed by atoms with Crippen molar-refractivity contribution in [2.75, 3.05) is 13.7 Å². The molecule has 0 saturated carbocycles. The normalized spacial score (nSPS) is 26.1. The van der Waals surface area contributed by atoms with Gasteiger partial charge >= 0.3 is 6.09 Å². The average Bonchev–Trinajstić information content (AvgIpc) is 2.15. The highest BCUT2D eigenvalue weighted by Gasteiger charge is 2.28. The van der Waals surface area contributed by atoms with Crippen LogP contribution >= 0.6 is 0 Å². The van der Waals surface area contributed by atoms with Gasteiger partial charge in [0.25, 0.3) is 0 Å². The number of carbonyl (C=O) groups excluding carboxylic acids is 2. The maximum absolute atomic E-state index is 10.5. The highest BCUT2D eigenvalue weighted by Crippen LogP contribution is 2.05. The van der Waals surface area contributed by atoms with Crippen LogP contribution in [0.1, 0.15) is 0 Å². The predicted molar refractivity (Wildman–Crippen MR) is 29.0 cm³/mol. The van der Waals surface area contributed by atoms with Crippen LogP contribution in [0.4, 0.5) is 4.79 Å². The van der Waals surface area contributed by atoms with E-state index >= 15 is 0 Å². The number of hydrogen-bond donors (Lipinski definition) is 0. The van der Waals surface area contributed by atoms with Crippen molar-refractivity contribution in [3.8, 4) is 0 Å². The highest BCUT2D eigenvalue weighted by atomic mass is 16.6. The molecule has 0 radical (unpaired) electrons. The fraction of sp³-hybridized carbons (Fsp3) is 0.600. The Kier molecular flexibility index (Phi) is 1.38. The van der Waals surface area contributed by atoms with Crippen LogP contribution in [0.15, 0.2) is 0 Å². The zero-order valence-corrected chi connectivity index (χ0v) is 5.03. The van der Waals surface area contributed by atoms with Gasteiger partial charge in [-0.2, -0.15) is 0 Å². The van der Waals surface area contributed by atoms with Gasteiger partial charge in [0.2, 0.25) is 0 Å². The van der Waals surface area contributed by atoms with Crippen LogP contribution in [-0.4, -0.2) is 37.0 Å². The van der Waals surface area contributed by atoms with Crippen LogP contribution in [-0.2, 0) is 9.53 Å². The van der Waals surface area contributed by atoms with Gasteiger partial charge in [-0.15, -0.1) is 0 Å². The molecule has 0 aromatic heterocycles. The summed E-state index contributed by atoms with van der Waals surface area (Å²) in [6, 6.07) is -0.377. The Morgan fingerprint density at radius 1 is 1.89 bits per heavy atom. The van der Waals surface area contributed by atoms with E-state index in [0.717, 1.165) is 0 Å². The molecule has 0 aromatic rings. The lowest BCUT2D eigenvalue weighted by Crippen LogP contribution is -2.30. The Labute approximate surface area is 52.4 Å². The van der Waals surface area contributed by atoms with Crippen molar-refractivity contribution in [2.45, 2.75) is 6.04 Å². The molecule has 1 amide bonds. The topological polar surface area (TPSA) is 46.6 Å². The predicted octanol–water partition coefficient (Wildman–Crippen LogP) is -0.364. The van der Waals surface area contributed by atoms with E-state index in [1.807, 2.05) is 0 Å². The summed E-state index contributed by atoms with van der Waals surface area (Å²) < 4.78 is 4.52. The molecule has 1 atom stereocenters. The fourth-order valence-corrected chi connectivity index (χ4v) is 0.636. The minimum atomic E-state index is -0.424. The number of aldehydes is 1. The number of rotatable bonds is 1. The number of likely N-dealkylation sites (N-methyl/N-ethyl adjacent to an activating group) is 1. The number of ether oxygens (including phenoxy) is 1. The first-order valence-electron chi connectivity index (χ1n) is 2.60. The Morgan fingerprint density at radius 3 is 2.78 bits per heavy atom. The molecule has 0 bridgehead atoms. The molecule has 0 N–H and O–H groups in total. The fourth-order valence-electron chi connectivity index (χ4n) is 0.636. The lowest BCUT2D eigenvalue weighted by atomic mass is 10.3. The Hall–Kier alpha value is -1.06. The summed E-state index contributed by atoms with van der Waals surface area (Å²) >= 11 is 0. The molecule has 0 aliphatic carbocycles. The minimum Gasteiger partial charge on any atom is -0.447 e. The second-order valence-electron chi connectivity index (χ2n) is 1.89. The summed E-state index contributed by atoms with van der Waals surface area (Å²) in [5.41, 5.74) is 0. The third-order valence-electron chi connectivity index (χ3n) is 1.32. The third-order valence-corrected chi connectivity index (χ3v) is 1.32. The number of nitrogens with zero attached hydrogens (tertiary/aromatic N) is 1. The number of carbonyl (C=O) groups is 2. The Morgan fingerprint density at radius 2 is 2.56 bits per heavy atom. The second kappa shape index (κ2) is 2.05. The Bertz CT molecular complexity index is 145. The summed E-state index contributed by atoms with van der Waals surface area (Å²) in [5.74, 6) is 0. The zero-order chi connectivity index (χ0) is 6.85. The van der Waals surface area contributed by atoms with Gasteiger partial charge in [0.05, 0.1) is 0 Å². The highest BCUT2D eigenvalue weighted by molar-refractivity contribution is 5.76. The van der Waals surface area contributed by atoms with Gasteiger partial charge in [-0.25, -0.2) is 4.79 Å². The van der Waals surface area contributed by atoms with Crippen molar-refractivity contribution in [3.05, 3.63) is 0 Å². The SMILES string of the molecule is CN1C(=O)OC[C@H]1C=O. The van der Waals surface area contributed by atoms with Crippen LogP contribution in [0, 0.1) is 0 Å². The van der Waals surface area contributed by atoms with Gasteiger partial charge in [-0.3, -0.25) is 4.90 Å². The van der Waals surface area contributed by atoms with Gasteiger partial charge in [-0.1, -0.05) is 0 Å². The molecule has 1 saturated heterocycles. The Balaban J connectivity index is 2.61. The quantitative estimate of drug-likeness (QED) is 0.454. The summed E-state index contributed by atoms with van der Waals surface area (Å²) in [4.78, 5) is 21.8. The van der Waals surface area contributed by atoms with Gasteiger partial charge in [0.15, 0.2) is 0 Å². The molecule has 50 valence electrons. The molecular weight excluding hydrogens is 122 g/mol. The van der Waals surface area contributed by atoms with Crippen LogP contribution in [0.2, 0.25) is 0 Å². The van der Waals surface area contributed by atoms with Crippen molar-refractivity contribution >= 4 is 12.4 Å². The molecular formula is C5H7NO3. The maximum Gasteiger partial charge on any atom is 0.410 e. The van der Waals surface area contributed by atoms with E-state index in [4.69, 9.17) is 0 Å². The van der Waals surface area contributed by atoms with Gasteiger partial charge < -0.3 is 9.53 Å². The van der Waals surface area contributed by atoms with Gasteiger partial charge in [-0.05, 0) is 0 Å². The number of cyclic esters (lactones) is 1. The molecule has 1 rings (SSSR count). The second-order valence-corrected chi connectivity index (χ2v) is 1.89. The van der Waals surface area contributed by atoms with E-state index in [1.165, 1.54) is 11.9 Å². The maximum atomic E-state index is 10.5. The molecule has 1 aliphatic heterocycles. The molecule has 0 spiro atoms. The van der Waals surface area contributed by atoms with Crippen molar-refractivity contribution < 1.29 is 14.3 Å². The van der Waals surface area contributed by atoms with Crippen LogP contribution in [0.25, 0.3) is 0 Å². The van der Waals surface area contributed by atoms with Crippen molar-refractivity contribution in [1.29, 1.82) is 0 Å². The van der Waals surface area contributed by atoms with Gasteiger partial charge in [0, 0.05) is 7.05 Å². The van der Waals surface area contributed by atoms with E-state index in [2.05, 4.69) is 4.74 Å². The molecule has 4 heteroatoms. The lowest BCUT2D eigenvalue weighted by Gasteiger charge is -2.07. The smallest absolute Gasteiger partial charge is 0.410 e. The van der Waals surface area contributed by atoms with Gasteiger partial charge in [0.1, 0.15) is 18.9 Å². The summed E-state index contributed by atoms with van der Waals surface area (Å²) in [5, 5.41) is 0. The number of amides is 1. The third kappa shape index (κ3) is 0.872. The average molecular weight is 129 g/mol. The van der Waals surface area contributed by atoms with Crippen molar-refractivity contribution in [1.82, 2.24) is 4.90 Å². The first-order valence-corrected chi connectivity index (χ1v) is 2.60. The van der Waals surface area contributed by atoms with Crippen molar-refractivity contribution in [2.24, 2.45) is 0 Å². The molecule has 1 aliphatic rings. The standard InChI is InChI=1S/C5H7NO3/c1-6-4(2-7)3-9-5(6)8/h2,4H,3H2,1H3/t4-/m1/s1. The molecule has 0 aromatic carbocycles. The van der Waals surface area contributed by atoms with Crippen LogP contribution in [0.3, 0.4) is 0 Å². The van der Waals surface area contributed by atoms with Crippen molar-refractivity contribution in [3.63, 3.8) is 0 Å². The molecule has 1 fully saturated rings. The molecule has 4 nitrogen and oxygen atoms in total. The number of hydrogen-bond acceptors (Lipinski definition) is 3. The minimum absolute atomic E-state index is 0.193. The lowest BCUT2D eigenvalue weighted by molar-refractivity contribution is -0.110. The molecule has 9 heavy (non-hydrogen) atoms. The van der Waals surface area contributed by atoms with E-state index in [9.17, 15) is 9.59 Å². The van der Waals surface area contributed by atoms with E-state index in [0.29, 0.717) is 6.29 Å². The van der Waals surface area contributed by atoms with Crippen LogP contribution < -0.4 is 0 Å². The van der Waals surface area contributed by atoms with E-state index in [1.54, 1.807) is 0 Å². The first-order chi connectivity index (χ1) is 4.25. The summed E-state index contributed by atoms with van der Waals surface area (Å²) in [6.07, 6.45) is 0.275. The van der Waals surface area contributed by atoms with E-state index in [-0.39, 0.29) is 12.6 Å². The van der Waals surface area contributed by atoms with Crippen LogP contribution in [0.5, 0.6) is 0 Å².